The van der Waals surface area contributed by atoms with Crippen LogP contribution in [0.25, 0.3) is 0 Å². The third-order valence-electron chi connectivity index (χ3n) is 3.00. The number of hydrogen-bond acceptors (Lipinski definition) is 3. The first kappa shape index (κ1) is 16.4. The molecule has 0 aliphatic carbocycles. The molecular weight excluding hydrogens is 257 g/mol. The van der Waals surface area contributed by atoms with E-state index in [1.165, 1.54) is 18.2 Å². The zero-order valence-corrected chi connectivity index (χ0v) is 12.3. The molecule has 0 aromatic heterocycles. The number of halogens is 1. The minimum Gasteiger partial charge on any atom is -0.399 e. The lowest BCUT2D eigenvalue weighted by Gasteiger charge is -2.20. The van der Waals surface area contributed by atoms with E-state index in [1.54, 1.807) is 0 Å². The Kier molecular flexibility index (Phi) is 7.01. The smallest absolute Gasteiger partial charge is 0.225 e. The zero-order valence-electron chi connectivity index (χ0n) is 12.3. The molecule has 1 aromatic carbocycles. The second kappa shape index (κ2) is 8.53. The van der Waals surface area contributed by atoms with Crippen LogP contribution >= 0.6 is 0 Å². The number of nitrogens with two attached hydrogens (primary N) is 1. The van der Waals surface area contributed by atoms with Crippen molar-refractivity contribution in [2.45, 2.75) is 33.1 Å². The molecular formula is C15H24FN3O. The third-order valence-corrected chi connectivity index (χ3v) is 3.00. The Labute approximate surface area is 120 Å². The summed E-state index contributed by atoms with van der Waals surface area (Å²) >= 11 is 0. The Balaban J connectivity index is 2.48. The topological polar surface area (TPSA) is 58.4 Å². The first-order valence-electron chi connectivity index (χ1n) is 7.14. The highest BCUT2D eigenvalue weighted by molar-refractivity contribution is 5.91. The SMILES string of the molecule is CCCN(CCC)CCC(=O)Nc1cc(N)ccc1F. The highest BCUT2D eigenvalue weighted by Crippen LogP contribution is 2.17. The van der Waals surface area contributed by atoms with Crippen LogP contribution in [0.15, 0.2) is 18.2 Å². The van der Waals surface area contributed by atoms with Crippen LogP contribution in [-0.2, 0) is 4.79 Å². The molecule has 0 unspecified atom stereocenters. The second-order valence-electron chi connectivity index (χ2n) is 4.88. The van der Waals surface area contributed by atoms with Crippen LogP contribution in [0.4, 0.5) is 15.8 Å². The van der Waals surface area contributed by atoms with Crippen molar-refractivity contribution in [1.82, 2.24) is 4.90 Å². The number of carbonyl (C=O) groups is 1. The van der Waals surface area contributed by atoms with E-state index in [9.17, 15) is 9.18 Å². The first-order valence-corrected chi connectivity index (χ1v) is 7.14. The van der Waals surface area contributed by atoms with E-state index in [2.05, 4.69) is 24.1 Å². The lowest BCUT2D eigenvalue weighted by atomic mass is 10.2. The lowest BCUT2D eigenvalue weighted by molar-refractivity contribution is -0.116. The van der Waals surface area contributed by atoms with Gasteiger partial charge in [0.2, 0.25) is 5.91 Å². The van der Waals surface area contributed by atoms with Gasteiger partial charge in [-0.3, -0.25) is 4.79 Å². The third kappa shape index (κ3) is 5.57. The Morgan fingerprint density at radius 1 is 1.25 bits per heavy atom. The molecule has 3 N–H and O–H groups in total. The number of nitrogens with one attached hydrogen (secondary N) is 1. The van der Waals surface area contributed by atoms with Crippen molar-refractivity contribution >= 4 is 17.3 Å². The van der Waals surface area contributed by atoms with Gasteiger partial charge >= 0.3 is 0 Å². The van der Waals surface area contributed by atoms with Crippen LogP contribution in [0.5, 0.6) is 0 Å². The molecule has 1 amide bonds. The van der Waals surface area contributed by atoms with Gasteiger partial charge in [-0.2, -0.15) is 0 Å². The molecule has 0 heterocycles. The molecule has 0 atom stereocenters. The number of anilines is 2. The standard InChI is InChI=1S/C15H24FN3O/c1-3-8-19(9-4-2)10-7-15(20)18-14-11-12(17)5-6-13(14)16/h5-6,11H,3-4,7-10,17H2,1-2H3,(H,18,20). The van der Waals surface area contributed by atoms with Crippen LogP contribution in [0.1, 0.15) is 33.1 Å². The fourth-order valence-electron chi connectivity index (χ4n) is 2.08. The van der Waals surface area contributed by atoms with Gasteiger partial charge < -0.3 is 16.0 Å². The average molecular weight is 281 g/mol. The molecule has 0 fully saturated rings. The maximum atomic E-state index is 13.5. The fourth-order valence-corrected chi connectivity index (χ4v) is 2.08. The van der Waals surface area contributed by atoms with Gasteiger partial charge in [-0.05, 0) is 44.1 Å². The number of benzene rings is 1. The van der Waals surface area contributed by atoms with Gasteiger partial charge in [0.05, 0.1) is 5.69 Å². The number of nitrogen functional groups attached to an aromatic ring is 1. The van der Waals surface area contributed by atoms with E-state index in [-0.39, 0.29) is 11.6 Å². The predicted octanol–water partition coefficient (Wildman–Crippen LogP) is 2.86. The van der Waals surface area contributed by atoms with Crippen molar-refractivity contribution in [2.75, 3.05) is 30.7 Å². The Morgan fingerprint density at radius 3 is 2.50 bits per heavy atom. The molecule has 4 nitrogen and oxygen atoms in total. The van der Waals surface area contributed by atoms with Gasteiger partial charge in [0.25, 0.3) is 0 Å². The van der Waals surface area contributed by atoms with E-state index >= 15 is 0 Å². The van der Waals surface area contributed by atoms with Crippen LogP contribution in [0.2, 0.25) is 0 Å². The quantitative estimate of drug-likeness (QED) is 0.720. The maximum absolute atomic E-state index is 13.5. The maximum Gasteiger partial charge on any atom is 0.225 e. The molecule has 0 aliphatic rings. The van der Waals surface area contributed by atoms with Crippen LogP contribution in [0, 0.1) is 5.82 Å². The normalized spacial score (nSPS) is 10.8. The summed E-state index contributed by atoms with van der Waals surface area (Å²) in [7, 11) is 0. The van der Waals surface area contributed by atoms with Gasteiger partial charge in [-0.15, -0.1) is 0 Å². The zero-order chi connectivity index (χ0) is 15.0. The highest BCUT2D eigenvalue weighted by atomic mass is 19.1. The van der Waals surface area contributed by atoms with Crippen molar-refractivity contribution < 1.29 is 9.18 Å². The first-order chi connectivity index (χ1) is 9.56. The Morgan fingerprint density at radius 2 is 1.90 bits per heavy atom. The number of carbonyl (C=O) groups excluding carboxylic acids is 1. The van der Waals surface area contributed by atoms with Crippen LogP contribution in [0.3, 0.4) is 0 Å². The summed E-state index contributed by atoms with van der Waals surface area (Å²) in [6, 6.07) is 4.16. The summed E-state index contributed by atoms with van der Waals surface area (Å²) in [5.74, 6) is -0.654. The van der Waals surface area contributed by atoms with Crippen LogP contribution < -0.4 is 11.1 Å². The van der Waals surface area contributed by atoms with Gasteiger partial charge in [0.15, 0.2) is 0 Å². The molecule has 20 heavy (non-hydrogen) atoms. The van der Waals surface area contributed by atoms with E-state index in [0.29, 0.717) is 18.7 Å². The van der Waals surface area contributed by atoms with E-state index in [4.69, 9.17) is 5.73 Å². The van der Waals surface area contributed by atoms with E-state index < -0.39 is 5.82 Å². The highest BCUT2D eigenvalue weighted by Gasteiger charge is 2.10. The van der Waals surface area contributed by atoms with Crippen molar-refractivity contribution in [1.29, 1.82) is 0 Å². The van der Waals surface area contributed by atoms with Crippen molar-refractivity contribution in [3.05, 3.63) is 24.0 Å². The average Bonchev–Trinajstić information content (AvgIpc) is 2.41. The molecule has 0 spiro atoms. The van der Waals surface area contributed by atoms with E-state index in [0.717, 1.165) is 25.9 Å². The molecule has 0 saturated heterocycles. The molecule has 1 rings (SSSR count). The minimum atomic E-state index is -0.466. The molecule has 112 valence electrons. The van der Waals surface area contributed by atoms with Crippen molar-refractivity contribution in [3.8, 4) is 0 Å². The summed E-state index contributed by atoms with van der Waals surface area (Å²) in [4.78, 5) is 14.1. The Hall–Kier alpha value is -1.62. The summed E-state index contributed by atoms with van der Waals surface area (Å²) in [5, 5.41) is 2.57. The second-order valence-corrected chi connectivity index (χ2v) is 4.88. The summed E-state index contributed by atoms with van der Waals surface area (Å²) in [6.45, 7) is 6.88. The summed E-state index contributed by atoms with van der Waals surface area (Å²) in [5.41, 5.74) is 6.15. The molecule has 5 heteroatoms. The van der Waals surface area contributed by atoms with Crippen molar-refractivity contribution in [3.63, 3.8) is 0 Å². The number of amides is 1. The van der Waals surface area contributed by atoms with Gasteiger partial charge in [0, 0.05) is 18.7 Å². The molecule has 0 aliphatic heterocycles. The Bertz CT molecular complexity index is 431. The fraction of sp³-hybridized carbons (Fsp3) is 0.533. The van der Waals surface area contributed by atoms with Crippen LogP contribution in [-0.4, -0.2) is 30.4 Å². The number of nitrogens with zero attached hydrogens (tertiary/aromatic N) is 1. The van der Waals surface area contributed by atoms with Gasteiger partial charge in [-0.1, -0.05) is 13.8 Å². The van der Waals surface area contributed by atoms with E-state index in [1.807, 2.05) is 0 Å². The largest absolute Gasteiger partial charge is 0.399 e. The predicted molar refractivity (Wildman–Crippen MR) is 81.1 cm³/mol. The minimum absolute atomic E-state index is 0.146. The van der Waals surface area contributed by atoms with Gasteiger partial charge in [-0.25, -0.2) is 4.39 Å². The molecule has 0 saturated carbocycles. The summed E-state index contributed by atoms with van der Waals surface area (Å²) < 4.78 is 13.5. The summed E-state index contributed by atoms with van der Waals surface area (Å²) in [6.07, 6.45) is 2.48. The number of rotatable bonds is 8. The monoisotopic (exact) mass is 281 g/mol. The van der Waals surface area contributed by atoms with Gasteiger partial charge in [0.1, 0.15) is 5.82 Å². The molecule has 1 aromatic rings. The lowest BCUT2D eigenvalue weighted by Crippen LogP contribution is -2.29. The molecule has 0 radical (unpaired) electrons. The molecule has 0 bridgehead atoms. The van der Waals surface area contributed by atoms with Crippen molar-refractivity contribution in [2.24, 2.45) is 0 Å². The number of hydrogen-bond donors (Lipinski definition) is 2.